The minimum Gasteiger partial charge on any atom is -0.370 e. The Morgan fingerprint density at radius 1 is 1.25 bits per heavy atom. The van der Waals surface area contributed by atoms with Gasteiger partial charge in [0.2, 0.25) is 16.9 Å². The fourth-order valence-corrected chi connectivity index (χ4v) is 1.71. The van der Waals surface area contributed by atoms with Crippen molar-refractivity contribution in [3.8, 4) is 0 Å². The molecule has 0 saturated heterocycles. The van der Waals surface area contributed by atoms with E-state index in [0.29, 0.717) is 18.2 Å². The SMILES string of the molecule is NC(=O)CCN(CCC(N)=O)c1nncs1. The van der Waals surface area contributed by atoms with Crippen molar-refractivity contribution in [3.63, 3.8) is 0 Å². The highest BCUT2D eigenvalue weighted by molar-refractivity contribution is 7.13. The van der Waals surface area contributed by atoms with Crippen LogP contribution in [-0.4, -0.2) is 35.1 Å². The molecule has 0 aliphatic carbocycles. The van der Waals surface area contributed by atoms with Gasteiger partial charge in [-0.15, -0.1) is 10.2 Å². The number of amides is 2. The number of aromatic nitrogens is 2. The van der Waals surface area contributed by atoms with Crippen LogP contribution in [0.1, 0.15) is 12.8 Å². The van der Waals surface area contributed by atoms with Crippen molar-refractivity contribution < 1.29 is 9.59 Å². The van der Waals surface area contributed by atoms with Crippen LogP contribution in [0.4, 0.5) is 5.13 Å². The molecule has 0 bridgehead atoms. The zero-order valence-corrected chi connectivity index (χ0v) is 9.44. The minimum atomic E-state index is -0.395. The van der Waals surface area contributed by atoms with Gasteiger partial charge in [0.1, 0.15) is 5.51 Å². The highest BCUT2D eigenvalue weighted by Crippen LogP contribution is 2.15. The Morgan fingerprint density at radius 3 is 2.19 bits per heavy atom. The molecule has 2 amide bonds. The largest absolute Gasteiger partial charge is 0.370 e. The average molecular weight is 243 g/mol. The molecule has 8 heteroatoms. The highest BCUT2D eigenvalue weighted by atomic mass is 32.1. The molecular formula is C8H13N5O2S. The third-order valence-electron chi connectivity index (χ3n) is 1.88. The van der Waals surface area contributed by atoms with Gasteiger partial charge < -0.3 is 16.4 Å². The van der Waals surface area contributed by atoms with Gasteiger partial charge in [0, 0.05) is 25.9 Å². The van der Waals surface area contributed by atoms with Gasteiger partial charge in [-0.1, -0.05) is 11.3 Å². The lowest BCUT2D eigenvalue weighted by atomic mass is 10.3. The first kappa shape index (κ1) is 12.4. The van der Waals surface area contributed by atoms with E-state index in [1.807, 2.05) is 0 Å². The van der Waals surface area contributed by atoms with Crippen molar-refractivity contribution >= 4 is 28.3 Å². The first-order chi connectivity index (χ1) is 7.59. The van der Waals surface area contributed by atoms with Gasteiger partial charge in [0.15, 0.2) is 0 Å². The maximum Gasteiger partial charge on any atom is 0.219 e. The number of nitrogens with two attached hydrogens (primary N) is 2. The molecule has 7 nitrogen and oxygen atoms in total. The average Bonchev–Trinajstić information content (AvgIpc) is 2.70. The number of primary amides is 2. The Bertz CT molecular complexity index is 335. The van der Waals surface area contributed by atoms with E-state index in [0.717, 1.165) is 0 Å². The Kier molecular flexibility index (Phi) is 4.65. The van der Waals surface area contributed by atoms with E-state index in [4.69, 9.17) is 11.5 Å². The van der Waals surface area contributed by atoms with Gasteiger partial charge in [-0.2, -0.15) is 0 Å². The van der Waals surface area contributed by atoms with Gasteiger partial charge in [0.05, 0.1) is 0 Å². The van der Waals surface area contributed by atoms with Crippen molar-refractivity contribution in [2.75, 3.05) is 18.0 Å². The second-order valence-electron chi connectivity index (χ2n) is 3.14. The molecule has 1 heterocycles. The molecular weight excluding hydrogens is 230 g/mol. The number of anilines is 1. The maximum atomic E-state index is 10.7. The minimum absolute atomic E-state index is 0.207. The van der Waals surface area contributed by atoms with Gasteiger partial charge in [-0.25, -0.2) is 0 Å². The zero-order valence-electron chi connectivity index (χ0n) is 8.63. The van der Waals surface area contributed by atoms with Crippen LogP contribution in [0.15, 0.2) is 5.51 Å². The Morgan fingerprint density at radius 2 is 1.81 bits per heavy atom. The van der Waals surface area contributed by atoms with Gasteiger partial charge in [-0.05, 0) is 0 Å². The molecule has 0 aromatic carbocycles. The Balaban J connectivity index is 2.55. The van der Waals surface area contributed by atoms with Crippen LogP contribution >= 0.6 is 11.3 Å². The van der Waals surface area contributed by atoms with Crippen LogP contribution in [0.3, 0.4) is 0 Å². The summed E-state index contributed by atoms with van der Waals surface area (Å²) in [6.07, 6.45) is 0.413. The third-order valence-corrected chi connectivity index (χ3v) is 2.63. The number of nitrogens with zero attached hydrogens (tertiary/aromatic N) is 3. The molecule has 0 atom stereocenters. The maximum absolute atomic E-state index is 10.7. The lowest BCUT2D eigenvalue weighted by Crippen LogP contribution is -2.31. The predicted octanol–water partition coefficient (Wildman–Crippen LogP) is -0.905. The summed E-state index contributed by atoms with van der Waals surface area (Å²) < 4.78 is 0. The summed E-state index contributed by atoms with van der Waals surface area (Å²) in [5.41, 5.74) is 11.7. The van der Waals surface area contributed by atoms with Crippen molar-refractivity contribution in [2.45, 2.75) is 12.8 Å². The lowest BCUT2D eigenvalue weighted by Gasteiger charge is -2.19. The third kappa shape index (κ3) is 4.22. The van der Waals surface area contributed by atoms with E-state index in [2.05, 4.69) is 10.2 Å². The van der Waals surface area contributed by atoms with Crippen LogP contribution in [0.5, 0.6) is 0 Å². The summed E-state index contributed by atoms with van der Waals surface area (Å²) in [7, 11) is 0. The standard InChI is InChI=1S/C8H13N5O2S/c9-6(14)1-3-13(4-2-7(10)15)8-12-11-5-16-8/h5H,1-4H2,(H2,9,14)(H2,10,15). The van der Waals surface area contributed by atoms with Crippen molar-refractivity contribution in [3.05, 3.63) is 5.51 Å². The molecule has 0 aliphatic heterocycles. The van der Waals surface area contributed by atoms with Crippen LogP contribution in [0.25, 0.3) is 0 Å². The molecule has 0 fully saturated rings. The molecule has 0 aliphatic rings. The quantitative estimate of drug-likeness (QED) is 0.643. The molecule has 88 valence electrons. The first-order valence-corrected chi connectivity index (χ1v) is 5.55. The number of carbonyl (C=O) groups is 2. The number of hydrogen-bond donors (Lipinski definition) is 2. The molecule has 0 spiro atoms. The van der Waals surface area contributed by atoms with Gasteiger partial charge in [-0.3, -0.25) is 9.59 Å². The van der Waals surface area contributed by atoms with E-state index >= 15 is 0 Å². The summed E-state index contributed by atoms with van der Waals surface area (Å²) >= 11 is 1.33. The Labute approximate surface area is 96.4 Å². The summed E-state index contributed by atoms with van der Waals surface area (Å²) in [5, 5.41) is 8.21. The summed E-state index contributed by atoms with van der Waals surface area (Å²) in [6.45, 7) is 0.829. The molecule has 4 N–H and O–H groups in total. The van der Waals surface area contributed by atoms with Gasteiger partial charge in [0.25, 0.3) is 0 Å². The molecule has 1 aromatic heterocycles. The van der Waals surface area contributed by atoms with Gasteiger partial charge >= 0.3 is 0 Å². The summed E-state index contributed by atoms with van der Waals surface area (Å²) in [4.78, 5) is 23.1. The first-order valence-electron chi connectivity index (χ1n) is 4.67. The summed E-state index contributed by atoms with van der Waals surface area (Å²) in [5.74, 6) is -0.790. The smallest absolute Gasteiger partial charge is 0.219 e. The normalized spacial score (nSPS) is 10.0. The molecule has 0 saturated carbocycles. The Hall–Kier alpha value is -1.70. The van der Waals surface area contributed by atoms with E-state index in [1.165, 1.54) is 11.3 Å². The topological polar surface area (TPSA) is 115 Å². The second-order valence-corrected chi connectivity index (χ2v) is 3.95. The molecule has 0 unspecified atom stereocenters. The van der Waals surface area contributed by atoms with Crippen LogP contribution in [0.2, 0.25) is 0 Å². The van der Waals surface area contributed by atoms with Crippen LogP contribution in [0, 0.1) is 0 Å². The summed E-state index contributed by atoms with van der Waals surface area (Å²) in [6, 6.07) is 0. The van der Waals surface area contributed by atoms with E-state index in [9.17, 15) is 9.59 Å². The highest BCUT2D eigenvalue weighted by Gasteiger charge is 2.11. The van der Waals surface area contributed by atoms with Crippen LogP contribution in [-0.2, 0) is 9.59 Å². The van der Waals surface area contributed by atoms with E-state index in [1.54, 1.807) is 10.4 Å². The van der Waals surface area contributed by atoms with Crippen molar-refractivity contribution in [1.82, 2.24) is 10.2 Å². The monoisotopic (exact) mass is 243 g/mol. The second kappa shape index (κ2) is 6.01. The zero-order chi connectivity index (χ0) is 12.0. The number of hydrogen-bond acceptors (Lipinski definition) is 6. The number of carbonyl (C=O) groups excluding carboxylic acids is 2. The van der Waals surface area contributed by atoms with Crippen molar-refractivity contribution in [2.24, 2.45) is 11.5 Å². The molecule has 16 heavy (non-hydrogen) atoms. The van der Waals surface area contributed by atoms with Crippen LogP contribution < -0.4 is 16.4 Å². The number of rotatable bonds is 7. The molecule has 0 radical (unpaired) electrons. The van der Waals surface area contributed by atoms with E-state index < -0.39 is 11.8 Å². The van der Waals surface area contributed by atoms with Crippen molar-refractivity contribution in [1.29, 1.82) is 0 Å². The fourth-order valence-electron chi connectivity index (χ4n) is 1.10. The molecule has 1 rings (SSSR count). The molecule has 1 aromatic rings. The van der Waals surface area contributed by atoms with E-state index in [-0.39, 0.29) is 12.8 Å². The predicted molar refractivity (Wildman–Crippen MR) is 59.7 cm³/mol. The fraction of sp³-hybridized carbons (Fsp3) is 0.500. The lowest BCUT2D eigenvalue weighted by molar-refractivity contribution is -0.118.